The molecule has 80 valence electrons. The van der Waals surface area contributed by atoms with Crippen LogP contribution >= 0.6 is 0 Å². The van der Waals surface area contributed by atoms with Gasteiger partial charge in [0.2, 0.25) is 0 Å². The van der Waals surface area contributed by atoms with E-state index in [0.29, 0.717) is 5.92 Å². The van der Waals surface area contributed by atoms with Crippen molar-refractivity contribution in [1.82, 2.24) is 5.32 Å². The number of nitrogens with one attached hydrogen (secondary N) is 1. The van der Waals surface area contributed by atoms with Gasteiger partial charge < -0.3 is 10.4 Å². The highest BCUT2D eigenvalue weighted by molar-refractivity contribution is 5.24. The van der Waals surface area contributed by atoms with E-state index in [9.17, 15) is 5.11 Å². The van der Waals surface area contributed by atoms with E-state index in [4.69, 9.17) is 0 Å². The van der Waals surface area contributed by atoms with Gasteiger partial charge >= 0.3 is 0 Å². The maximum Gasteiger partial charge on any atom is 0.0799 e. The molecule has 2 heteroatoms. The Morgan fingerprint density at radius 2 is 1.40 bits per heavy atom. The zero-order valence-corrected chi connectivity index (χ0v) is 8.88. The number of rotatable bonds is 4. The first-order valence-corrected chi connectivity index (χ1v) is 5.38. The van der Waals surface area contributed by atoms with Crippen molar-refractivity contribution >= 4 is 0 Å². The van der Waals surface area contributed by atoms with Crippen LogP contribution in [0.5, 0.6) is 0 Å². The van der Waals surface area contributed by atoms with Gasteiger partial charge in [-0.05, 0) is 7.05 Å². The average molecular weight is 203 g/mol. The van der Waals surface area contributed by atoms with E-state index in [0.717, 1.165) is 0 Å². The van der Waals surface area contributed by atoms with E-state index in [1.807, 2.05) is 43.5 Å². The molecule has 2 nitrogen and oxygen atoms in total. The molecule has 0 aromatic heterocycles. The summed E-state index contributed by atoms with van der Waals surface area (Å²) in [7, 11) is 1.90. The van der Waals surface area contributed by atoms with E-state index in [1.165, 1.54) is 0 Å². The van der Waals surface area contributed by atoms with Gasteiger partial charge in [-0.25, -0.2) is 0 Å². The van der Waals surface area contributed by atoms with Crippen molar-refractivity contribution in [2.45, 2.75) is 12.1 Å². The molecular weight excluding hydrogens is 186 g/mol. The summed E-state index contributed by atoms with van der Waals surface area (Å²) in [6.45, 7) is 0. The van der Waals surface area contributed by atoms with Crippen molar-refractivity contribution in [3.05, 3.63) is 48.6 Å². The number of hydrogen-bond donors (Lipinski definition) is 2. The van der Waals surface area contributed by atoms with Gasteiger partial charge in [0.15, 0.2) is 0 Å². The highest BCUT2D eigenvalue weighted by Crippen LogP contribution is 2.23. The van der Waals surface area contributed by atoms with E-state index in [2.05, 4.69) is 17.5 Å². The van der Waals surface area contributed by atoms with Gasteiger partial charge in [0, 0.05) is 17.9 Å². The molecule has 0 heterocycles. The fourth-order valence-electron chi connectivity index (χ4n) is 2.20. The lowest BCUT2D eigenvalue weighted by Crippen LogP contribution is -2.45. The molecule has 0 saturated carbocycles. The number of hydrogen-bond acceptors (Lipinski definition) is 2. The smallest absolute Gasteiger partial charge is 0.0799 e. The quantitative estimate of drug-likeness (QED) is 0.724. The maximum atomic E-state index is 10.2. The Morgan fingerprint density at radius 1 is 0.933 bits per heavy atom. The lowest BCUT2D eigenvalue weighted by molar-refractivity contribution is 0.0976. The van der Waals surface area contributed by atoms with Gasteiger partial charge in [-0.2, -0.15) is 0 Å². The number of allylic oxidation sites excluding steroid dienone is 4. The second kappa shape index (κ2) is 4.60. The number of likely N-dealkylation sites (N-methyl/N-ethyl adjacent to an activating group) is 1. The molecule has 2 aliphatic carbocycles. The van der Waals surface area contributed by atoms with Gasteiger partial charge in [0.25, 0.3) is 0 Å². The highest BCUT2D eigenvalue weighted by atomic mass is 16.3. The minimum absolute atomic E-state index is 0.0809. The average Bonchev–Trinajstić information content (AvgIpc) is 2.91. The largest absolute Gasteiger partial charge is 0.391 e. The topological polar surface area (TPSA) is 32.3 Å². The summed E-state index contributed by atoms with van der Waals surface area (Å²) < 4.78 is 0. The van der Waals surface area contributed by atoms with Crippen LogP contribution in [-0.4, -0.2) is 24.3 Å². The summed E-state index contributed by atoms with van der Waals surface area (Å²) in [5.74, 6) is 0.442. The fourth-order valence-corrected chi connectivity index (χ4v) is 2.20. The van der Waals surface area contributed by atoms with E-state index < -0.39 is 0 Å². The SMILES string of the molecule is CN[C@H](C1C=CC=C1)[C@@H](O)C1C=CC=C1. The van der Waals surface area contributed by atoms with Crippen LogP contribution in [0.4, 0.5) is 0 Å². The number of aliphatic hydroxyl groups is 1. The zero-order chi connectivity index (χ0) is 10.7. The van der Waals surface area contributed by atoms with Crippen molar-refractivity contribution in [3.8, 4) is 0 Å². The van der Waals surface area contributed by atoms with Gasteiger partial charge in [0.1, 0.15) is 0 Å². The predicted octanol–water partition coefficient (Wildman–Crippen LogP) is 1.42. The van der Waals surface area contributed by atoms with Crippen LogP contribution in [0.1, 0.15) is 0 Å². The van der Waals surface area contributed by atoms with Crippen molar-refractivity contribution in [2.75, 3.05) is 7.05 Å². The summed E-state index contributed by atoms with van der Waals surface area (Å²) in [5.41, 5.74) is 0. The summed E-state index contributed by atoms with van der Waals surface area (Å²) in [6, 6.07) is 0.0809. The Morgan fingerprint density at radius 3 is 1.87 bits per heavy atom. The summed E-state index contributed by atoms with van der Waals surface area (Å²) in [6.07, 6.45) is 16.0. The third-order valence-electron chi connectivity index (χ3n) is 3.07. The minimum Gasteiger partial charge on any atom is -0.391 e. The molecule has 0 fully saturated rings. The Hall–Kier alpha value is -1.12. The fraction of sp³-hybridized carbons (Fsp3) is 0.385. The molecule has 15 heavy (non-hydrogen) atoms. The van der Waals surface area contributed by atoms with Crippen LogP contribution in [0, 0.1) is 11.8 Å². The molecule has 0 aromatic carbocycles. The Labute approximate surface area is 90.7 Å². The third kappa shape index (κ3) is 2.11. The molecule has 0 aliphatic heterocycles. The lowest BCUT2D eigenvalue weighted by atomic mass is 9.89. The summed E-state index contributed by atoms with van der Waals surface area (Å²) in [5, 5.41) is 13.4. The van der Waals surface area contributed by atoms with E-state index in [1.54, 1.807) is 0 Å². The first-order valence-electron chi connectivity index (χ1n) is 5.38. The molecule has 0 aromatic rings. The second-order valence-electron chi connectivity index (χ2n) is 4.00. The first-order chi connectivity index (χ1) is 7.33. The van der Waals surface area contributed by atoms with E-state index >= 15 is 0 Å². The highest BCUT2D eigenvalue weighted by Gasteiger charge is 2.29. The van der Waals surface area contributed by atoms with Crippen LogP contribution in [0.3, 0.4) is 0 Å². The van der Waals surface area contributed by atoms with Gasteiger partial charge in [0.05, 0.1) is 6.10 Å². The van der Waals surface area contributed by atoms with E-state index in [-0.39, 0.29) is 18.1 Å². The van der Waals surface area contributed by atoms with Gasteiger partial charge in [-0.3, -0.25) is 0 Å². The standard InChI is InChI=1S/C13H17NO/c1-14-12(10-6-2-3-7-10)13(15)11-8-4-5-9-11/h2-15H,1H3/t12-,13+/m1/s1. The van der Waals surface area contributed by atoms with Crippen LogP contribution in [0.2, 0.25) is 0 Å². The van der Waals surface area contributed by atoms with Crippen LogP contribution in [0.25, 0.3) is 0 Å². The first kappa shape index (κ1) is 10.4. The van der Waals surface area contributed by atoms with Crippen LogP contribution < -0.4 is 5.32 Å². The van der Waals surface area contributed by atoms with Crippen molar-refractivity contribution in [1.29, 1.82) is 0 Å². The van der Waals surface area contributed by atoms with Crippen LogP contribution in [0.15, 0.2) is 48.6 Å². The molecule has 0 unspecified atom stereocenters. The monoisotopic (exact) mass is 203 g/mol. The molecule has 0 bridgehead atoms. The predicted molar refractivity (Wildman–Crippen MR) is 62.4 cm³/mol. The van der Waals surface area contributed by atoms with Crippen molar-refractivity contribution < 1.29 is 5.11 Å². The minimum atomic E-state index is -0.373. The Balaban J connectivity index is 2.05. The molecule has 2 aliphatic rings. The molecule has 2 rings (SSSR count). The lowest BCUT2D eigenvalue weighted by Gasteiger charge is -2.28. The zero-order valence-electron chi connectivity index (χ0n) is 8.88. The molecule has 2 atom stereocenters. The maximum absolute atomic E-state index is 10.2. The molecular formula is C13H17NO. The third-order valence-corrected chi connectivity index (χ3v) is 3.07. The normalized spacial score (nSPS) is 24.1. The van der Waals surface area contributed by atoms with Gasteiger partial charge in [-0.15, -0.1) is 0 Å². The molecule has 0 spiro atoms. The summed E-state index contributed by atoms with van der Waals surface area (Å²) >= 11 is 0. The number of aliphatic hydroxyl groups excluding tert-OH is 1. The summed E-state index contributed by atoms with van der Waals surface area (Å²) in [4.78, 5) is 0. The second-order valence-corrected chi connectivity index (χ2v) is 4.00. The van der Waals surface area contributed by atoms with Gasteiger partial charge in [-0.1, -0.05) is 48.6 Å². The molecule has 2 N–H and O–H groups in total. The van der Waals surface area contributed by atoms with Crippen LogP contribution in [-0.2, 0) is 0 Å². The van der Waals surface area contributed by atoms with Crippen molar-refractivity contribution in [2.24, 2.45) is 11.8 Å². The van der Waals surface area contributed by atoms with Crippen molar-refractivity contribution in [3.63, 3.8) is 0 Å². The molecule has 0 radical (unpaired) electrons. The Kier molecular flexibility index (Phi) is 3.19. The molecule has 0 saturated heterocycles. The molecule has 0 amide bonds. The Bertz CT molecular complexity index is 303.